The summed E-state index contributed by atoms with van der Waals surface area (Å²) in [6, 6.07) is 0. The molecule has 5 heteroatoms. The molecule has 0 bridgehead atoms. The second-order valence-electron chi connectivity index (χ2n) is 4.40. The van der Waals surface area contributed by atoms with Crippen molar-refractivity contribution in [2.24, 2.45) is 5.73 Å². The predicted octanol–water partition coefficient (Wildman–Crippen LogP) is 1.40. The standard InChI is InChI=1S/C12H25NO4/c1-3-7-16-9-10-17-8-5-4-6-12(2,13)11(14)15/h3-10,13H2,1-2H3,(H,14,15). The summed E-state index contributed by atoms with van der Waals surface area (Å²) >= 11 is 0. The van der Waals surface area contributed by atoms with Crippen molar-refractivity contribution in [3.8, 4) is 0 Å². The molecule has 0 amide bonds. The Bertz CT molecular complexity index is 207. The molecule has 0 aromatic heterocycles. The minimum absolute atomic E-state index is 0.470. The van der Waals surface area contributed by atoms with E-state index in [1.54, 1.807) is 0 Å². The lowest BCUT2D eigenvalue weighted by molar-refractivity contribution is -0.142. The van der Waals surface area contributed by atoms with Crippen LogP contribution in [0.3, 0.4) is 0 Å². The number of aliphatic carboxylic acids is 1. The molecule has 102 valence electrons. The molecule has 0 aliphatic rings. The fourth-order valence-corrected chi connectivity index (χ4v) is 1.27. The predicted molar refractivity (Wildman–Crippen MR) is 66.0 cm³/mol. The fraction of sp³-hybridized carbons (Fsp3) is 0.917. The maximum Gasteiger partial charge on any atom is 0.323 e. The third-order valence-corrected chi connectivity index (χ3v) is 2.44. The number of carboxylic acid groups (broad SMARTS) is 1. The third-order valence-electron chi connectivity index (χ3n) is 2.44. The smallest absolute Gasteiger partial charge is 0.323 e. The molecule has 0 aromatic carbocycles. The van der Waals surface area contributed by atoms with E-state index in [9.17, 15) is 4.79 Å². The van der Waals surface area contributed by atoms with Crippen LogP contribution in [0.1, 0.15) is 39.5 Å². The van der Waals surface area contributed by atoms with Gasteiger partial charge in [0.15, 0.2) is 0 Å². The van der Waals surface area contributed by atoms with Crippen LogP contribution >= 0.6 is 0 Å². The van der Waals surface area contributed by atoms with Crippen molar-refractivity contribution in [2.45, 2.75) is 45.1 Å². The molecule has 3 N–H and O–H groups in total. The highest BCUT2D eigenvalue weighted by Gasteiger charge is 2.26. The highest BCUT2D eigenvalue weighted by atomic mass is 16.5. The minimum Gasteiger partial charge on any atom is -0.480 e. The fourth-order valence-electron chi connectivity index (χ4n) is 1.27. The van der Waals surface area contributed by atoms with Crippen molar-refractivity contribution in [1.29, 1.82) is 0 Å². The minimum atomic E-state index is -1.12. The van der Waals surface area contributed by atoms with E-state index in [-0.39, 0.29) is 0 Å². The number of ether oxygens (including phenoxy) is 2. The Morgan fingerprint density at radius 2 is 1.76 bits per heavy atom. The number of carboxylic acids is 1. The van der Waals surface area contributed by atoms with Crippen LogP contribution in [0.2, 0.25) is 0 Å². The first-order valence-corrected chi connectivity index (χ1v) is 6.18. The summed E-state index contributed by atoms with van der Waals surface area (Å²) in [5, 5.41) is 8.79. The maximum atomic E-state index is 10.7. The van der Waals surface area contributed by atoms with Crippen LogP contribution in [0.25, 0.3) is 0 Å². The van der Waals surface area contributed by atoms with E-state index in [0.29, 0.717) is 26.2 Å². The molecule has 5 nitrogen and oxygen atoms in total. The third kappa shape index (κ3) is 9.09. The van der Waals surface area contributed by atoms with Crippen LogP contribution in [0.4, 0.5) is 0 Å². The Labute approximate surface area is 103 Å². The van der Waals surface area contributed by atoms with Crippen molar-refractivity contribution in [3.05, 3.63) is 0 Å². The Balaban J connectivity index is 3.27. The van der Waals surface area contributed by atoms with E-state index in [1.165, 1.54) is 6.92 Å². The molecule has 0 spiro atoms. The molecule has 1 atom stereocenters. The molecule has 17 heavy (non-hydrogen) atoms. The average Bonchev–Trinajstić information content (AvgIpc) is 2.26. The lowest BCUT2D eigenvalue weighted by Gasteiger charge is -2.18. The summed E-state index contributed by atoms with van der Waals surface area (Å²) in [6.45, 7) is 6.22. The number of rotatable bonds is 11. The molecule has 0 saturated heterocycles. The molecule has 0 saturated carbocycles. The van der Waals surface area contributed by atoms with E-state index in [2.05, 4.69) is 6.92 Å². The van der Waals surface area contributed by atoms with Gasteiger partial charge in [0.2, 0.25) is 0 Å². The zero-order valence-electron chi connectivity index (χ0n) is 10.9. The lowest BCUT2D eigenvalue weighted by atomic mass is 9.97. The Hall–Kier alpha value is -0.650. The van der Waals surface area contributed by atoms with Crippen LogP contribution in [-0.4, -0.2) is 43.0 Å². The Kier molecular flexibility index (Phi) is 9.03. The number of hydrogen-bond acceptors (Lipinski definition) is 4. The average molecular weight is 247 g/mol. The van der Waals surface area contributed by atoms with Crippen LogP contribution in [0.15, 0.2) is 0 Å². The van der Waals surface area contributed by atoms with E-state index in [1.807, 2.05) is 0 Å². The molecule has 0 aromatic rings. The maximum absolute atomic E-state index is 10.7. The molecule has 0 fully saturated rings. The molecule has 0 rings (SSSR count). The second kappa shape index (κ2) is 9.39. The quantitative estimate of drug-likeness (QED) is 0.539. The second-order valence-corrected chi connectivity index (χ2v) is 4.40. The van der Waals surface area contributed by atoms with Crippen molar-refractivity contribution < 1.29 is 19.4 Å². The normalized spacial score (nSPS) is 14.5. The molecule has 0 radical (unpaired) electrons. The number of carbonyl (C=O) groups is 1. The van der Waals surface area contributed by atoms with Gasteiger partial charge in [-0.1, -0.05) is 6.92 Å². The van der Waals surface area contributed by atoms with Gasteiger partial charge in [0.25, 0.3) is 0 Å². The van der Waals surface area contributed by atoms with Crippen LogP contribution in [0, 0.1) is 0 Å². The van der Waals surface area contributed by atoms with Gasteiger partial charge < -0.3 is 20.3 Å². The van der Waals surface area contributed by atoms with Crippen molar-refractivity contribution in [3.63, 3.8) is 0 Å². The van der Waals surface area contributed by atoms with Crippen LogP contribution < -0.4 is 5.73 Å². The summed E-state index contributed by atoms with van der Waals surface area (Å²) in [5.74, 6) is -0.952. The molecule has 1 unspecified atom stereocenters. The van der Waals surface area contributed by atoms with E-state index < -0.39 is 11.5 Å². The van der Waals surface area contributed by atoms with Gasteiger partial charge in [0, 0.05) is 13.2 Å². The van der Waals surface area contributed by atoms with Gasteiger partial charge in [-0.15, -0.1) is 0 Å². The zero-order chi connectivity index (χ0) is 13.1. The van der Waals surface area contributed by atoms with Crippen LogP contribution in [-0.2, 0) is 14.3 Å². The van der Waals surface area contributed by atoms with Gasteiger partial charge in [0.05, 0.1) is 13.2 Å². The first-order chi connectivity index (χ1) is 8.00. The van der Waals surface area contributed by atoms with E-state index in [0.717, 1.165) is 25.9 Å². The number of unbranched alkanes of at least 4 members (excludes halogenated alkanes) is 1. The van der Waals surface area contributed by atoms with Crippen molar-refractivity contribution in [2.75, 3.05) is 26.4 Å². The Morgan fingerprint density at radius 1 is 1.18 bits per heavy atom. The van der Waals surface area contributed by atoms with Gasteiger partial charge in [-0.2, -0.15) is 0 Å². The highest BCUT2D eigenvalue weighted by molar-refractivity contribution is 5.77. The topological polar surface area (TPSA) is 81.8 Å². The first-order valence-electron chi connectivity index (χ1n) is 6.18. The largest absolute Gasteiger partial charge is 0.480 e. The summed E-state index contributed by atoms with van der Waals surface area (Å²) in [7, 11) is 0. The Morgan fingerprint density at radius 3 is 2.29 bits per heavy atom. The van der Waals surface area contributed by atoms with Gasteiger partial charge in [-0.3, -0.25) is 4.79 Å². The number of nitrogens with two attached hydrogens (primary N) is 1. The molecular weight excluding hydrogens is 222 g/mol. The van der Waals surface area contributed by atoms with Gasteiger partial charge >= 0.3 is 5.97 Å². The van der Waals surface area contributed by atoms with Crippen molar-refractivity contribution in [1.82, 2.24) is 0 Å². The SMILES string of the molecule is CCCOCCOCCCCC(C)(N)C(=O)O. The van der Waals surface area contributed by atoms with Crippen molar-refractivity contribution >= 4 is 5.97 Å². The molecule has 0 aliphatic heterocycles. The summed E-state index contributed by atoms with van der Waals surface area (Å²) in [4.78, 5) is 10.7. The van der Waals surface area contributed by atoms with E-state index >= 15 is 0 Å². The van der Waals surface area contributed by atoms with E-state index in [4.69, 9.17) is 20.3 Å². The van der Waals surface area contributed by atoms with Gasteiger partial charge in [0.1, 0.15) is 5.54 Å². The molecule has 0 aliphatic carbocycles. The monoisotopic (exact) mass is 247 g/mol. The van der Waals surface area contributed by atoms with Crippen LogP contribution in [0.5, 0.6) is 0 Å². The molecular formula is C12H25NO4. The zero-order valence-corrected chi connectivity index (χ0v) is 10.9. The summed E-state index contributed by atoms with van der Waals surface area (Å²) in [6.07, 6.45) is 3.07. The first kappa shape index (κ1) is 16.4. The summed E-state index contributed by atoms with van der Waals surface area (Å²) < 4.78 is 10.6. The number of hydrogen-bond donors (Lipinski definition) is 2. The van der Waals surface area contributed by atoms with Gasteiger partial charge in [-0.25, -0.2) is 0 Å². The highest BCUT2D eigenvalue weighted by Crippen LogP contribution is 2.10. The molecule has 0 heterocycles. The summed E-state index contributed by atoms with van der Waals surface area (Å²) in [5.41, 5.74) is 4.47. The lowest BCUT2D eigenvalue weighted by Crippen LogP contribution is -2.44. The van der Waals surface area contributed by atoms with Gasteiger partial charge in [-0.05, 0) is 32.6 Å².